The summed E-state index contributed by atoms with van der Waals surface area (Å²) in [5.41, 5.74) is 2.63. The second-order valence-corrected chi connectivity index (χ2v) is 7.02. The molecule has 2 aromatic rings. The van der Waals surface area contributed by atoms with Gasteiger partial charge in [0.15, 0.2) is 0 Å². The molecule has 0 bridgehead atoms. The Labute approximate surface area is 160 Å². The van der Waals surface area contributed by atoms with Crippen LogP contribution in [0.1, 0.15) is 36.7 Å². The number of ether oxygens (including phenoxy) is 1. The second-order valence-electron chi connectivity index (χ2n) is 7.02. The third-order valence-corrected chi connectivity index (χ3v) is 4.80. The zero-order chi connectivity index (χ0) is 19.4. The van der Waals surface area contributed by atoms with E-state index in [-0.39, 0.29) is 17.7 Å². The highest BCUT2D eigenvalue weighted by Crippen LogP contribution is 2.28. The zero-order valence-corrected chi connectivity index (χ0v) is 16.1. The van der Waals surface area contributed by atoms with E-state index in [0.29, 0.717) is 18.7 Å². The quantitative estimate of drug-likeness (QED) is 0.852. The Morgan fingerprint density at radius 1 is 1.11 bits per heavy atom. The number of rotatable bonds is 6. The summed E-state index contributed by atoms with van der Waals surface area (Å²) in [5.74, 6) is 0.392. The highest BCUT2D eigenvalue weighted by atomic mass is 16.5. The van der Waals surface area contributed by atoms with Crippen molar-refractivity contribution < 1.29 is 14.3 Å². The molecule has 5 heteroatoms. The highest BCUT2D eigenvalue weighted by molar-refractivity contribution is 6.03. The number of para-hydroxylation sites is 1. The average Bonchev–Trinajstić information content (AvgIpc) is 3.10. The smallest absolute Gasteiger partial charge is 0.251 e. The molecule has 1 aliphatic heterocycles. The molecule has 5 nitrogen and oxygen atoms in total. The molecule has 0 aromatic heterocycles. The zero-order valence-electron chi connectivity index (χ0n) is 16.1. The number of fused-ring (bicyclic) bond motifs is 1. The first-order valence-electron chi connectivity index (χ1n) is 9.44. The van der Waals surface area contributed by atoms with E-state index in [1.54, 1.807) is 29.2 Å². The van der Waals surface area contributed by atoms with Gasteiger partial charge in [0, 0.05) is 17.8 Å². The summed E-state index contributed by atoms with van der Waals surface area (Å²) < 4.78 is 5.41. The van der Waals surface area contributed by atoms with Gasteiger partial charge in [-0.3, -0.25) is 9.59 Å². The first-order chi connectivity index (χ1) is 13.0. The van der Waals surface area contributed by atoms with Crippen molar-refractivity contribution in [3.63, 3.8) is 0 Å². The summed E-state index contributed by atoms with van der Waals surface area (Å²) in [6.07, 6.45) is 0.847. The van der Waals surface area contributed by atoms with Gasteiger partial charge in [0.05, 0.1) is 6.61 Å². The Kier molecular flexibility index (Phi) is 5.79. The van der Waals surface area contributed by atoms with E-state index < -0.39 is 6.04 Å². The van der Waals surface area contributed by atoms with Crippen molar-refractivity contribution in [2.45, 2.75) is 33.2 Å². The van der Waals surface area contributed by atoms with Gasteiger partial charge in [-0.2, -0.15) is 0 Å². The van der Waals surface area contributed by atoms with Gasteiger partial charge >= 0.3 is 0 Å². The number of carbonyl (C=O) groups excluding carboxylic acids is 2. The number of nitrogens with zero attached hydrogens (tertiary/aromatic N) is 1. The van der Waals surface area contributed by atoms with Gasteiger partial charge in [0.25, 0.3) is 5.91 Å². The molecule has 2 aromatic carbocycles. The van der Waals surface area contributed by atoms with E-state index in [0.717, 1.165) is 17.9 Å². The van der Waals surface area contributed by atoms with Crippen LogP contribution in [-0.2, 0) is 11.2 Å². The SMILES string of the molecule is CCOc1ccc(C(=O)NC(C(=O)N2CCc3ccccc32)C(C)C)cc1. The molecule has 1 N–H and O–H groups in total. The van der Waals surface area contributed by atoms with Crippen LogP contribution in [0.5, 0.6) is 5.75 Å². The van der Waals surface area contributed by atoms with Crippen molar-refractivity contribution in [2.24, 2.45) is 5.92 Å². The van der Waals surface area contributed by atoms with Gasteiger partial charge in [-0.05, 0) is 55.2 Å². The molecule has 0 saturated heterocycles. The van der Waals surface area contributed by atoms with E-state index in [9.17, 15) is 9.59 Å². The van der Waals surface area contributed by atoms with Crippen LogP contribution in [0.15, 0.2) is 48.5 Å². The number of amides is 2. The Bertz CT molecular complexity index is 815. The fourth-order valence-corrected chi connectivity index (χ4v) is 3.34. The molecule has 3 rings (SSSR count). The predicted molar refractivity (Wildman–Crippen MR) is 106 cm³/mol. The van der Waals surface area contributed by atoms with Gasteiger partial charge in [-0.1, -0.05) is 32.0 Å². The van der Waals surface area contributed by atoms with Crippen molar-refractivity contribution in [1.82, 2.24) is 5.32 Å². The lowest BCUT2D eigenvalue weighted by Crippen LogP contribution is -2.51. The maximum absolute atomic E-state index is 13.1. The summed E-state index contributed by atoms with van der Waals surface area (Å²) in [6.45, 7) is 7.04. The molecule has 1 atom stereocenters. The lowest BCUT2D eigenvalue weighted by Gasteiger charge is -2.27. The summed E-state index contributed by atoms with van der Waals surface area (Å²) in [4.78, 5) is 27.6. The number of nitrogens with one attached hydrogen (secondary N) is 1. The molecule has 0 spiro atoms. The minimum atomic E-state index is -0.574. The number of anilines is 1. The van der Waals surface area contributed by atoms with Crippen LogP contribution < -0.4 is 15.0 Å². The fourth-order valence-electron chi connectivity index (χ4n) is 3.34. The molecule has 1 aliphatic rings. The average molecular weight is 366 g/mol. The molecule has 27 heavy (non-hydrogen) atoms. The van der Waals surface area contributed by atoms with Gasteiger partial charge < -0.3 is 15.0 Å². The number of carbonyl (C=O) groups is 2. The Balaban J connectivity index is 1.74. The van der Waals surface area contributed by atoms with E-state index in [2.05, 4.69) is 5.32 Å². The summed E-state index contributed by atoms with van der Waals surface area (Å²) in [5, 5.41) is 2.92. The number of benzene rings is 2. The Morgan fingerprint density at radius 2 is 1.81 bits per heavy atom. The van der Waals surface area contributed by atoms with Crippen molar-refractivity contribution >= 4 is 17.5 Å². The lowest BCUT2D eigenvalue weighted by atomic mass is 10.0. The minimum absolute atomic E-state index is 0.0167. The molecular formula is C22H26N2O3. The first kappa shape index (κ1) is 19.0. The van der Waals surface area contributed by atoms with Crippen LogP contribution in [0, 0.1) is 5.92 Å². The Hall–Kier alpha value is -2.82. The molecule has 2 amide bonds. The van der Waals surface area contributed by atoms with E-state index in [4.69, 9.17) is 4.74 Å². The molecule has 0 aliphatic carbocycles. The van der Waals surface area contributed by atoms with Crippen molar-refractivity contribution in [3.8, 4) is 5.75 Å². The molecule has 1 unspecified atom stereocenters. The maximum atomic E-state index is 13.1. The molecule has 1 heterocycles. The summed E-state index contributed by atoms with van der Waals surface area (Å²) >= 11 is 0. The molecular weight excluding hydrogens is 340 g/mol. The topological polar surface area (TPSA) is 58.6 Å². The minimum Gasteiger partial charge on any atom is -0.494 e. The summed E-state index contributed by atoms with van der Waals surface area (Å²) in [6, 6.07) is 14.3. The van der Waals surface area contributed by atoms with Gasteiger partial charge in [0.2, 0.25) is 5.91 Å². The van der Waals surface area contributed by atoms with E-state index >= 15 is 0 Å². The van der Waals surface area contributed by atoms with Crippen LogP contribution >= 0.6 is 0 Å². The van der Waals surface area contributed by atoms with Gasteiger partial charge in [-0.25, -0.2) is 0 Å². The second kappa shape index (κ2) is 8.25. The number of hydrogen-bond donors (Lipinski definition) is 1. The standard InChI is InChI=1S/C22H26N2O3/c1-4-27-18-11-9-17(10-12-18)21(25)23-20(15(2)3)22(26)24-14-13-16-7-5-6-8-19(16)24/h5-12,15,20H,4,13-14H2,1-3H3,(H,23,25). The van der Waals surface area contributed by atoms with Crippen LogP contribution in [0.4, 0.5) is 5.69 Å². The summed E-state index contributed by atoms with van der Waals surface area (Å²) in [7, 11) is 0. The van der Waals surface area contributed by atoms with Gasteiger partial charge in [0.1, 0.15) is 11.8 Å². The molecule has 0 saturated carbocycles. The molecule has 0 radical (unpaired) electrons. The monoisotopic (exact) mass is 366 g/mol. The van der Waals surface area contributed by atoms with Crippen molar-refractivity contribution in [2.75, 3.05) is 18.1 Å². The van der Waals surface area contributed by atoms with E-state index in [1.807, 2.05) is 45.0 Å². The van der Waals surface area contributed by atoms with Crippen LogP contribution in [0.3, 0.4) is 0 Å². The van der Waals surface area contributed by atoms with E-state index in [1.165, 1.54) is 5.56 Å². The van der Waals surface area contributed by atoms with Crippen molar-refractivity contribution in [1.29, 1.82) is 0 Å². The molecule has 142 valence electrons. The van der Waals surface area contributed by atoms with Crippen LogP contribution in [-0.4, -0.2) is 31.0 Å². The van der Waals surface area contributed by atoms with Crippen LogP contribution in [0.2, 0.25) is 0 Å². The Morgan fingerprint density at radius 3 is 2.48 bits per heavy atom. The fraction of sp³-hybridized carbons (Fsp3) is 0.364. The normalized spacial score (nSPS) is 14.0. The highest BCUT2D eigenvalue weighted by Gasteiger charge is 2.32. The van der Waals surface area contributed by atoms with Crippen LogP contribution in [0.25, 0.3) is 0 Å². The number of hydrogen-bond acceptors (Lipinski definition) is 3. The third-order valence-electron chi connectivity index (χ3n) is 4.80. The predicted octanol–water partition coefficient (Wildman–Crippen LogP) is 3.43. The first-order valence-corrected chi connectivity index (χ1v) is 9.44. The third kappa shape index (κ3) is 4.13. The van der Waals surface area contributed by atoms with Gasteiger partial charge in [-0.15, -0.1) is 0 Å². The molecule has 0 fully saturated rings. The lowest BCUT2D eigenvalue weighted by molar-refractivity contribution is -0.121. The maximum Gasteiger partial charge on any atom is 0.251 e. The van der Waals surface area contributed by atoms with Crippen molar-refractivity contribution in [3.05, 3.63) is 59.7 Å². The largest absolute Gasteiger partial charge is 0.494 e.